The molecule has 0 fully saturated rings. The lowest BCUT2D eigenvalue weighted by molar-refractivity contribution is -0.150. The van der Waals surface area contributed by atoms with Gasteiger partial charge >= 0.3 is 11.9 Å². The van der Waals surface area contributed by atoms with E-state index in [2.05, 4.69) is 11.7 Å². The summed E-state index contributed by atoms with van der Waals surface area (Å²) >= 11 is 0. The van der Waals surface area contributed by atoms with Gasteiger partial charge in [0.25, 0.3) is 0 Å². The zero-order chi connectivity index (χ0) is 14.3. The van der Waals surface area contributed by atoms with Crippen LogP contribution in [0.4, 0.5) is 0 Å². The number of hydrogen-bond acceptors (Lipinski definition) is 4. The average molecular weight is 268 g/mol. The fourth-order valence-electron chi connectivity index (χ4n) is 2.30. The van der Waals surface area contributed by atoms with Crippen molar-refractivity contribution in [2.75, 3.05) is 6.61 Å². The van der Waals surface area contributed by atoms with Crippen LogP contribution in [-0.4, -0.2) is 23.7 Å². The second-order valence-electron chi connectivity index (χ2n) is 5.17. The molecule has 1 atom stereocenters. The van der Waals surface area contributed by atoms with E-state index in [0.29, 0.717) is 24.2 Å². The Kier molecular flexibility index (Phi) is 6.78. The molecule has 2 aliphatic rings. The Bertz CT molecular complexity index is 351. The zero-order valence-electron chi connectivity index (χ0n) is 11.9. The van der Waals surface area contributed by atoms with Gasteiger partial charge in [0.2, 0.25) is 0 Å². The van der Waals surface area contributed by atoms with E-state index in [-0.39, 0.29) is 5.92 Å². The predicted molar refractivity (Wildman–Crippen MR) is 72.4 cm³/mol. The fourth-order valence-corrected chi connectivity index (χ4v) is 2.30. The van der Waals surface area contributed by atoms with Gasteiger partial charge in [-0.1, -0.05) is 46.0 Å². The van der Waals surface area contributed by atoms with Crippen LogP contribution in [0, 0.1) is 5.92 Å². The summed E-state index contributed by atoms with van der Waals surface area (Å²) in [4.78, 5) is 21.4. The van der Waals surface area contributed by atoms with E-state index in [9.17, 15) is 9.59 Å². The molecule has 4 heteroatoms. The molecular formula is C15H24O4. The van der Waals surface area contributed by atoms with E-state index in [4.69, 9.17) is 5.11 Å². The molecule has 0 saturated heterocycles. The Labute approximate surface area is 114 Å². The predicted octanol–water partition coefficient (Wildman–Crippen LogP) is 2.75. The van der Waals surface area contributed by atoms with Gasteiger partial charge in [0.05, 0.1) is 5.57 Å². The monoisotopic (exact) mass is 268 g/mol. The summed E-state index contributed by atoms with van der Waals surface area (Å²) < 4.78 is 4.37. The normalized spacial score (nSPS) is 20.5. The van der Waals surface area contributed by atoms with Crippen LogP contribution in [-0.2, 0) is 14.3 Å². The number of carbonyl (C=O) groups excluding carboxylic acids is 2. The number of ether oxygens (including phenoxy) is 1. The highest BCUT2D eigenvalue weighted by Crippen LogP contribution is 2.39. The van der Waals surface area contributed by atoms with Crippen molar-refractivity contribution in [1.82, 2.24) is 0 Å². The zero-order valence-corrected chi connectivity index (χ0v) is 11.9. The van der Waals surface area contributed by atoms with E-state index < -0.39 is 11.9 Å². The van der Waals surface area contributed by atoms with Crippen LogP contribution in [0.25, 0.3) is 0 Å². The molecule has 0 aromatic carbocycles. The second kappa shape index (κ2) is 8.10. The van der Waals surface area contributed by atoms with Crippen molar-refractivity contribution in [2.45, 2.75) is 58.8 Å². The molecule has 19 heavy (non-hydrogen) atoms. The first-order chi connectivity index (χ1) is 9.11. The summed E-state index contributed by atoms with van der Waals surface area (Å²) in [7, 11) is 0. The Balaban J connectivity index is 0.000000192. The highest BCUT2D eigenvalue weighted by molar-refractivity contribution is 6.14. The van der Waals surface area contributed by atoms with Gasteiger partial charge in [-0.2, -0.15) is 0 Å². The van der Waals surface area contributed by atoms with E-state index in [0.717, 1.165) is 6.42 Å². The molecule has 1 unspecified atom stereocenters. The fraction of sp³-hybridized carbons (Fsp3) is 0.733. The Morgan fingerprint density at radius 3 is 2.21 bits per heavy atom. The van der Waals surface area contributed by atoms with Crippen molar-refractivity contribution in [3.63, 3.8) is 0 Å². The van der Waals surface area contributed by atoms with Crippen LogP contribution in [0.2, 0.25) is 0 Å². The van der Waals surface area contributed by atoms with Gasteiger partial charge in [-0.3, -0.25) is 0 Å². The number of unbranched alkanes of at least 4 members (excludes halogenated alkanes) is 5. The van der Waals surface area contributed by atoms with Gasteiger partial charge in [0.1, 0.15) is 0 Å². The Morgan fingerprint density at radius 1 is 1.11 bits per heavy atom. The molecule has 1 aliphatic heterocycles. The summed E-state index contributed by atoms with van der Waals surface area (Å²) in [6.45, 7) is 4.50. The van der Waals surface area contributed by atoms with Gasteiger partial charge in [0, 0.05) is 12.2 Å². The summed E-state index contributed by atoms with van der Waals surface area (Å²) in [6.07, 6.45) is 8.20. The molecule has 1 N–H and O–H groups in total. The lowest BCUT2D eigenvalue weighted by Gasteiger charge is -2.18. The molecule has 0 aromatic heterocycles. The maximum Gasteiger partial charge on any atom is 0.342 e. The first-order valence-corrected chi connectivity index (χ1v) is 7.22. The van der Waals surface area contributed by atoms with Crippen LogP contribution in [0.3, 0.4) is 0 Å². The molecule has 0 amide bonds. The molecular weight excluding hydrogens is 244 g/mol. The van der Waals surface area contributed by atoms with Crippen molar-refractivity contribution < 1.29 is 19.4 Å². The minimum atomic E-state index is -0.432. The topological polar surface area (TPSA) is 63.6 Å². The third-order valence-electron chi connectivity index (χ3n) is 3.49. The third-order valence-corrected chi connectivity index (χ3v) is 3.49. The van der Waals surface area contributed by atoms with Crippen molar-refractivity contribution in [3.05, 3.63) is 11.1 Å². The molecule has 0 bridgehead atoms. The largest absolute Gasteiger partial charge is 0.396 e. The minimum Gasteiger partial charge on any atom is -0.396 e. The number of aliphatic hydroxyl groups excluding tert-OH is 1. The highest BCUT2D eigenvalue weighted by atomic mass is 16.6. The van der Waals surface area contributed by atoms with Crippen LogP contribution < -0.4 is 0 Å². The molecule has 108 valence electrons. The summed E-state index contributed by atoms with van der Waals surface area (Å²) in [5.74, 6) is -0.634. The lowest BCUT2D eigenvalue weighted by Crippen LogP contribution is -2.17. The van der Waals surface area contributed by atoms with Crippen LogP contribution in [0.1, 0.15) is 58.8 Å². The summed E-state index contributed by atoms with van der Waals surface area (Å²) in [6, 6.07) is 0. The van der Waals surface area contributed by atoms with E-state index in [1.165, 1.54) is 32.1 Å². The molecule has 0 saturated carbocycles. The molecule has 2 rings (SSSR count). The standard InChI is InChI=1S/C8H18O.C7H6O3/c1-2-3-4-5-6-7-8-9;1-3-2-4-5(3)7(9)10-6(4)8/h9H,2-8H2,1H3;3H,2H2,1H3. The second-order valence-corrected chi connectivity index (χ2v) is 5.17. The first-order valence-electron chi connectivity index (χ1n) is 7.22. The number of aliphatic hydroxyl groups is 1. The Morgan fingerprint density at radius 2 is 1.74 bits per heavy atom. The van der Waals surface area contributed by atoms with E-state index in [1.807, 2.05) is 6.92 Å². The number of esters is 2. The van der Waals surface area contributed by atoms with Gasteiger partial charge in [-0.15, -0.1) is 0 Å². The third kappa shape index (κ3) is 4.46. The van der Waals surface area contributed by atoms with E-state index >= 15 is 0 Å². The number of hydrogen-bond donors (Lipinski definition) is 1. The molecule has 0 spiro atoms. The maximum atomic E-state index is 10.8. The molecule has 4 nitrogen and oxygen atoms in total. The van der Waals surface area contributed by atoms with Crippen LogP contribution in [0.15, 0.2) is 11.1 Å². The average Bonchev–Trinajstić information content (AvgIpc) is 2.58. The quantitative estimate of drug-likeness (QED) is 0.457. The first kappa shape index (κ1) is 15.9. The summed E-state index contributed by atoms with van der Waals surface area (Å²) in [5, 5.41) is 8.42. The Hall–Kier alpha value is -1.16. The van der Waals surface area contributed by atoms with Crippen molar-refractivity contribution >= 4 is 11.9 Å². The van der Waals surface area contributed by atoms with E-state index in [1.54, 1.807) is 0 Å². The molecule has 1 aliphatic carbocycles. The molecule has 0 aromatic rings. The van der Waals surface area contributed by atoms with Gasteiger partial charge in [-0.25, -0.2) is 9.59 Å². The number of cyclic esters (lactones) is 2. The lowest BCUT2D eigenvalue weighted by atomic mass is 9.80. The molecule has 0 radical (unpaired) electrons. The number of carbonyl (C=O) groups is 2. The summed E-state index contributed by atoms with van der Waals surface area (Å²) in [5.41, 5.74) is 1.20. The smallest absolute Gasteiger partial charge is 0.342 e. The maximum absolute atomic E-state index is 10.8. The SMILES string of the molecule is CC1CC2=C1C(=O)OC2=O.CCCCCCCCO. The minimum absolute atomic E-state index is 0.231. The van der Waals surface area contributed by atoms with Crippen molar-refractivity contribution in [3.8, 4) is 0 Å². The van der Waals surface area contributed by atoms with Crippen LogP contribution in [0.5, 0.6) is 0 Å². The molecule has 1 heterocycles. The van der Waals surface area contributed by atoms with Gasteiger partial charge < -0.3 is 9.84 Å². The van der Waals surface area contributed by atoms with Crippen LogP contribution >= 0.6 is 0 Å². The van der Waals surface area contributed by atoms with Gasteiger partial charge in [0.15, 0.2) is 0 Å². The van der Waals surface area contributed by atoms with Crippen molar-refractivity contribution in [1.29, 1.82) is 0 Å². The van der Waals surface area contributed by atoms with Gasteiger partial charge in [-0.05, 0) is 18.8 Å². The highest BCUT2D eigenvalue weighted by Gasteiger charge is 2.43. The van der Waals surface area contributed by atoms with Crippen molar-refractivity contribution in [2.24, 2.45) is 5.92 Å². The number of rotatable bonds is 6.